The van der Waals surface area contributed by atoms with Crippen LogP contribution in [0.2, 0.25) is 0 Å². The summed E-state index contributed by atoms with van der Waals surface area (Å²) in [4.78, 5) is 37.6. The fraction of sp³-hybridized carbons (Fsp3) is 0.830. The summed E-state index contributed by atoms with van der Waals surface area (Å²) in [5, 5.41) is 0. The van der Waals surface area contributed by atoms with Gasteiger partial charge in [-0.15, -0.1) is 0 Å². The zero-order valence-electron chi connectivity index (χ0n) is 37.5. The van der Waals surface area contributed by atoms with E-state index in [0.29, 0.717) is 23.9 Å². The largest absolute Gasteiger partial charge is 0.756 e. The van der Waals surface area contributed by atoms with Gasteiger partial charge in [0.05, 0.1) is 27.7 Å². The Morgan fingerprint density at radius 3 is 1.49 bits per heavy atom. The van der Waals surface area contributed by atoms with Gasteiger partial charge in [0.15, 0.2) is 6.10 Å². The number of phosphoric ester groups is 1. The summed E-state index contributed by atoms with van der Waals surface area (Å²) in [5.74, 6) is -0.848. The van der Waals surface area contributed by atoms with Crippen molar-refractivity contribution in [2.75, 3.05) is 47.5 Å². The van der Waals surface area contributed by atoms with Crippen LogP contribution in [-0.4, -0.2) is 70.0 Å². The van der Waals surface area contributed by atoms with Crippen LogP contribution in [0.25, 0.3) is 0 Å². The third-order valence-electron chi connectivity index (χ3n) is 9.92. The van der Waals surface area contributed by atoms with Gasteiger partial charge in [-0.05, 0) is 44.9 Å². The van der Waals surface area contributed by atoms with E-state index in [0.717, 1.165) is 64.2 Å². The molecule has 0 amide bonds. The maximum absolute atomic E-state index is 12.7. The smallest absolute Gasteiger partial charge is 0.306 e. The number of carbonyl (C=O) groups is 2. The van der Waals surface area contributed by atoms with Crippen LogP contribution in [0.3, 0.4) is 0 Å². The van der Waals surface area contributed by atoms with Gasteiger partial charge >= 0.3 is 11.9 Å². The summed E-state index contributed by atoms with van der Waals surface area (Å²) >= 11 is 0. The van der Waals surface area contributed by atoms with Gasteiger partial charge in [-0.3, -0.25) is 14.2 Å². The molecule has 0 saturated carbocycles. The van der Waals surface area contributed by atoms with E-state index in [1.165, 1.54) is 96.3 Å². The minimum absolute atomic E-state index is 0.0329. The Morgan fingerprint density at radius 2 is 1.00 bits per heavy atom. The Labute approximate surface area is 351 Å². The van der Waals surface area contributed by atoms with Crippen molar-refractivity contribution in [3.05, 3.63) is 36.5 Å². The molecule has 0 heterocycles. The summed E-state index contributed by atoms with van der Waals surface area (Å²) in [5.41, 5.74) is 0. The van der Waals surface area contributed by atoms with Gasteiger partial charge in [0.25, 0.3) is 7.82 Å². The predicted molar refractivity (Wildman–Crippen MR) is 236 cm³/mol. The van der Waals surface area contributed by atoms with Crippen LogP contribution >= 0.6 is 7.82 Å². The summed E-state index contributed by atoms with van der Waals surface area (Å²) in [6.45, 7) is 4.11. The van der Waals surface area contributed by atoms with Crippen molar-refractivity contribution in [2.45, 2.75) is 206 Å². The first kappa shape index (κ1) is 55.2. The highest BCUT2D eigenvalue weighted by atomic mass is 31.2. The van der Waals surface area contributed by atoms with E-state index in [2.05, 4.69) is 50.3 Å². The van der Waals surface area contributed by atoms with E-state index >= 15 is 0 Å². The van der Waals surface area contributed by atoms with E-state index < -0.39 is 32.5 Å². The number of unbranched alkanes of at least 4 members (excludes halogenated alkanes) is 22. The molecule has 0 aliphatic rings. The first-order chi connectivity index (χ1) is 27.5. The number of quaternary nitrogens is 1. The lowest BCUT2D eigenvalue weighted by Crippen LogP contribution is -2.37. The normalized spacial score (nSPS) is 13.9. The lowest BCUT2D eigenvalue weighted by atomic mass is 10.0. The molecule has 0 radical (unpaired) electrons. The van der Waals surface area contributed by atoms with Gasteiger partial charge in [0.2, 0.25) is 0 Å². The Balaban J connectivity index is 4.32. The third kappa shape index (κ3) is 43.6. The average molecular weight is 826 g/mol. The molecule has 1 unspecified atom stereocenters. The quantitative estimate of drug-likeness (QED) is 0.0197. The third-order valence-corrected chi connectivity index (χ3v) is 10.9. The molecule has 0 saturated heterocycles. The fourth-order valence-corrected chi connectivity index (χ4v) is 7.05. The molecule has 0 aliphatic carbocycles. The molecule has 0 fully saturated rings. The Morgan fingerprint density at radius 1 is 0.561 bits per heavy atom. The minimum Gasteiger partial charge on any atom is -0.756 e. The molecular formula is C47H88NO8P. The summed E-state index contributed by atoms with van der Waals surface area (Å²) < 4.78 is 33.9. The zero-order valence-corrected chi connectivity index (χ0v) is 38.4. The van der Waals surface area contributed by atoms with Crippen molar-refractivity contribution >= 4 is 19.8 Å². The number of likely N-dealkylation sites (N-methyl/N-ethyl adjacent to an activating group) is 1. The van der Waals surface area contributed by atoms with Crippen LogP contribution in [0.15, 0.2) is 36.5 Å². The molecule has 334 valence electrons. The zero-order chi connectivity index (χ0) is 42.1. The number of hydrogen-bond acceptors (Lipinski definition) is 8. The second-order valence-electron chi connectivity index (χ2n) is 16.7. The van der Waals surface area contributed by atoms with E-state index in [9.17, 15) is 19.0 Å². The standard InChI is InChI=1S/C47H88NO8P/c1-6-8-10-12-14-16-18-20-22-23-24-26-28-30-32-34-36-38-40-47(50)56-45(44-55-57(51,52)54-42-41-48(3,4)5)43-53-46(49)39-37-35-33-31-29-27-25-21-19-17-15-13-11-9-7-2/h9,11,15,17,21,25,45H,6-8,10,12-14,16,18-20,22-24,26-44H2,1-5H3/b11-9+,17-15+,25-21+/t45-/m1/s1. The highest BCUT2D eigenvalue weighted by Gasteiger charge is 2.21. The molecule has 2 atom stereocenters. The maximum atomic E-state index is 12.7. The number of allylic oxidation sites excluding steroid dienone is 6. The van der Waals surface area contributed by atoms with Gasteiger partial charge in [-0.2, -0.15) is 0 Å². The highest BCUT2D eigenvalue weighted by Crippen LogP contribution is 2.38. The van der Waals surface area contributed by atoms with Crippen molar-refractivity contribution in [1.29, 1.82) is 0 Å². The first-order valence-corrected chi connectivity index (χ1v) is 24.7. The topological polar surface area (TPSA) is 111 Å². The van der Waals surface area contributed by atoms with Crippen LogP contribution in [0, 0.1) is 0 Å². The van der Waals surface area contributed by atoms with Gasteiger partial charge in [-0.1, -0.05) is 179 Å². The molecule has 0 rings (SSSR count). The van der Waals surface area contributed by atoms with Crippen LogP contribution in [-0.2, 0) is 32.7 Å². The number of phosphoric acid groups is 1. The van der Waals surface area contributed by atoms with Crippen LogP contribution in [0.1, 0.15) is 200 Å². The number of carbonyl (C=O) groups excluding carboxylic acids is 2. The van der Waals surface area contributed by atoms with Gasteiger partial charge < -0.3 is 27.9 Å². The number of nitrogens with zero attached hydrogens (tertiary/aromatic N) is 1. The molecule has 0 aliphatic heterocycles. The fourth-order valence-electron chi connectivity index (χ4n) is 6.32. The molecule has 0 spiro atoms. The molecule has 0 aromatic carbocycles. The Kier molecular flexibility index (Phi) is 38.4. The number of hydrogen-bond donors (Lipinski definition) is 0. The second-order valence-corrected chi connectivity index (χ2v) is 18.2. The number of ether oxygens (including phenoxy) is 2. The molecule has 0 N–H and O–H groups in total. The summed E-state index contributed by atoms with van der Waals surface area (Å²) in [6.07, 6.45) is 44.5. The van der Waals surface area contributed by atoms with Gasteiger partial charge in [-0.25, -0.2) is 0 Å². The summed E-state index contributed by atoms with van der Waals surface area (Å²) in [7, 11) is 1.16. The average Bonchev–Trinajstić information content (AvgIpc) is 3.16. The lowest BCUT2D eigenvalue weighted by molar-refractivity contribution is -0.870. The van der Waals surface area contributed by atoms with Crippen molar-refractivity contribution in [1.82, 2.24) is 0 Å². The van der Waals surface area contributed by atoms with E-state index in [1.54, 1.807) is 0 Å². The Bertz CT molecular complexity index is 1070. The van der Waals surface area contributed by atoms with Crippen LogP contribution in [0.4, 0.5) is 0 Å². The molecule has 57 heavy (non-hydrogen) atoms. The maximum Gasteiger partial charge on any atom is 0.306 e. The van der Waals surface area contributed by atoms with E-state index in [1.807, 2.05) is 21.1 Å². The first-order valence-electron chi connectivity index (χ1n) is 23.2. The summed E-state index contributed by atoms with van der Waals surface area (Å²) in [6, 6.07) is 0. The predicted octanol–water partition coefficient (Wildman–Crippen LogP) is 12.7. The van der Waals surface area contributed by atoms with Crippen molar-refractivity contribution < 1.29 is 42.1 Å². The molecule has 0 bridgehead atoms. The number of esters is 2. The number of rotatable bonds is 42. The monoisotopic (exact) mass is 826 g/mol. The lowest BCUT2D eigenvalue weighted by Gasteiger charge is -2.28. The van der Waals surface area contributed by atoms with E-state index in [-0.39, 0.29) is 26.1 Å². The molecular weight excluding hydrogens is 737 g/mol. The minimum atomic E-state index is -4.63. The van der Waals surface area contributed by atoms with Crippen molar-refractivity contribution in [3.8, 4) is 0 Å². The van der Waals surface area contributed by atoms with Gasteiger partial charge in [0.1, 0.15) is 19.8 Å². The van der Waals surface area contributed by atoms with E-state index in [4.69, 9.17) is 18.5 Å². The highest BCUT2D eigenvalue weighted by molar-refractivity contribution is 7.45. The van der Waals surface area contributed by atoms with Crippen LogP contribution in [0.5, 0.6) is 0 Å². The SMILES string of the molecule is CC/C=C/C/C=C/C/C=C/CCCCCCCC(=O)OC[C@H](COP(=O)([O-])OCC[N+](C)(C)C)OC(=O)CCCCCCCCCCCCCCCCCCCC. The van der Waals surface area contributed by atoms with Crippen molar-refractivity contribution in [2.24, 2.45) is 0 Å². The molecule has 0 aromatic rings. The Hall–Kier alpha value is -1.77. The van der Waals surface area contributed by atoms with Gasteiger partial charge in [0, 0.05) is 12.8 Å². The second kappa shape index (κ2) is 39.7. The van der Waals surface area contributed by atoms with Crippen molar-refractivity contribution in [3.63, 3.8) is 0 Å². The molecule has 0 aromatic heterocycles. The van der Waals surface area contributed by atoms with Crippen LogP contribution < -0.4 is 4.89 Å². The molecule has 10 heteroatoms. The molecule has 9 nitrogen and oxygen atoms in total.